The summed E-state index contributed by atoms with van der Waals surface area (Å²) >= 11 is 0. The summed E-state index contributed by atoms with van der Waals surface area (Å²) in [7, 11) is 3.00. The predicted molar refractivity (Wildman–Crippen MR) is 46.0 cm³/mol. The molecule has 4 heteroatoms. The quantitative estimate of drug-likeness (QED) is 0.392. The molecule has 0 heterocycles. The summed E-state index contributed by atoms with van der Waals surface area (Å²) in [5.74, 6) is 0. The van der Waals surface area contributed by atoms with Crippen LogP contribution in [0, 0.1) is 6.08 Å². The third kappa shape index (κ3) is 32.2. The van der Waals surface area contributed by atoms with Crippen molar-refractivity contribution in [1.29, 1.82) is 0 Å². The van der Waals surface area contributed by atoms with Crippen LogP contribution in [0.1, 0.15) is 6.42 Å². The maximum absolute atomic E-state index is 7.00. The van der Waals surface area contributed by atoms with E-state index in [0.717, 1.165) is 27.8 Å². The molecule has 0 amide bonds. The van der Waals surface area contributed by atoms with E-state index < -0.39 is 0 Å². The molecule has 0 aromatic heterocycles. The zero-order valence-electron chi connectivity index (χ0n) is 7.78. The van der Waals surface area contributed by atoms with Gasteiger partial charge in [0, 0.05) is 43.0 Å². The fourth-order valence-corrected chi connectivity index (χ4v) is 0.340. The average molecular weight is 209 g/mol. The molecule has 0 aromatic rings. The molecule has 0 spiro atoms. The minimum absolute atomic E-state index is 0. The second-order valence-electron chi connectivity index (χ2n) is 1.00. The van der Waals surface area contributed by atoms with Gasteiger partial charge in [0.25, 0.3) is 0 Å². The molecule has 0 radical (unpaired) electrons. The molecular formula is C8H17O3Ti-. The van der Waals surface area contributed by atoms with E-state index in [1.807, 2.05) is 12.2 Å². The number of hydrogen-bond acceptors (Lipinski definition) is 3. The first-order valence-electron chi connectivity index (χ1n) is 3.06. The van der Waals surface area contributed by atoms with Crippen molar-refractivity contribution in [3.05, 3.63) is 24.3 Å². The van der Waals surface area contributed by atoms with E-state index in [9.17, 15) is 0 Å². The summed E-state index contributed by atoms with van der Waals surface area (Å²) < 4.78 is 0. The monoisotopic (exact) mass is 209 g/mol. The number of hydrogen-bond donors (Lipinski definition) is 3. The molecule has 0 bridgehead atoms. The Balaban J connectivity index is -0.0000000406. The Morgan fingerprint density at radius 1 is 1.00 bits per heavy atom. The van der Waals surface area contributed by atoms with E-state index in [0.29, 0.717) is 0 Å². The van der Waals surface area contributed by atoms with E-state index in [1.54, 1.807) is 0 Å². The maximum atomic E-state index is 7.00. The first-order chi connectivity index (χ1) is 5.50. The van der Waals surface area contributed by atoms with Crippen molar-refractivity contribution in [3.63, 3.8) is 0 Å². The molecule has 0 atom stereocenters. The summed E-state index contributed by atoms with van der Waals surface area (Å²) in [6.07, 6.45) is 10.0. The Labute approximate surface area is 89.3 Å². The number of aliphatic hydroxyl groups is 3. The molecule has 0 fully saturated rings. The van der Waals surface area contributed by atoms with Gasteiger partial charge in [0.1, 0.15) is 0 Å². The van der Waals surface area contributed by atoms with Crippen molar-refractivity contribution >= 4 is 0 Å². The van der Waals surface area contributed by atoms with Crippen LogP contribution in [0.4, 0.5) is 0 Å². The van der Waals surface area contributed by atoms with Crippen LogP contribution in [0.25, 0.3) is 0 Å². The number of allylic oxidation sites excluding steroid dienone is 4. The molecular weight excluding hydrogens is 192 g/mol. The topological polar surface area (TPSA) is 60.7 Å². The Morgan fingerprint density at radius 2 is 1.42 bits per heavy atom. The van der Waals surface area contributed by atoms with Gasteiger partial charge in [-0.05, 0) is 0 Å². The van der Waals surface area contributed by atoms with Gasteiger partial charge >= 0.3 is 0 Å². The van der Waals surface area contributed by atoms with Crippen LogP contribution >= 0.6 is 0 Å². The van der Waals surface area contributed by atoms with Gasteiger partial charge in [-0.1, -0.05) is 0 Å². The van der Waals surface area contributed by atoms with E-state index in [1.165, 1.54) is 0 Å². The van der Waals surface area contributed by atoms with E-state index in [-0.39, 0.29) is 21.7 Å². The van der Waals surface area contributed by atoms with Crippen LogP contribution in [0.3, 0.4) is 0 Å². The van der Waals surface area contributed by atoms with Crippen LogP contribution in [-0.4, -0.2) is 36.6 Å². The van der Waals surface area contributed by atoms with Gasteiger partial charge in [-0.25, -0.2) is 12.2 Å². The normalized spacial score (nSPS) is 8.83. The van der Waals surface area contributed by atoms with Crippen molar-refractivity contribution in [1.82, 2.24) is 0 Å². The second-order valence-corrected chi connectivity index (χ2v) is 1.00. The number of rotatable bonds is 0. The summed E-state index contributed by atoms with van der Waals surface area (Å²) in [6, 6.07) is 0. The zero-order valence-corrected chi connectivity index (χ0v) is 9.34. The average Bonchev–Trinajstić information content (AvgIpc) is 2.71. The van der Waals surface area contributed by atoms with Crippen LogP contribution in [0.2, 0.25) is 0 Å². The van der Waals surface area contributed by atoms with E-state index >= 15 is 0 Å². The Morgan fingerprint density at radius 3 is 1.50 bits per heavy atom. The third-order valence-electron chi connectivity index (χ3n) is 0.586. The van der Waals surface area contributed by atoms with Crippen molar-refractivity contribution in [3.8, 4) is 0 Å². The Kier molecular flexibility index (Phi) is 82.6. The summed E-state index contributed by atoms with van der Waals surface area (Å²) in [5, 5.41) is 21.0. The fraction of sp³-hybridized carbons (Fsp3) is 0.500. The van der Waals surface area contributed by atoms with E-state index in [2.05, 4.69) is 12.2 Å². The molecule has 0 saturated heterocycles. The minimum Gasteiger partial charge on any atom is -0.400 e. The molecule has 1 rings (SSSR count). The second kappa shape index (κ2) is 43.7. The van der Waals surface area contributed by atoms with Crippen LogP contribution < -0.4 is 0 Å². The molecule has 0 saturated carbocycles. The van der Waals surface area contributed by atoms with Gasteiger partial charge in [-0.3, -0.25) is 6.08 Å². The molecule has 3 N–H and O–H groups in total. The van der Waals surface area contributed by atoms with E-state index in [4.69, 9.17) is 15.3 Å². The predicted octanol–water partition coefficient (Wildman–Crippen LogP) is 0.129. The Hall–Kier alpha value is 0.0743. The van der Waals surface area contributed by atoms with Crippen molar-refractivity contribution in [2.45, 2.75) is 6.42 Å². The molecule has 0 unspecified atom stereocenters. The van der Waals surface area contributed by atoms with Crippen molar-refractivity contribution in [2.75, 3.05) is 21.3 Å². The first kappa shape index (κ1) is 22.7. The van der Waals surface area contributed by atoms with Crippen molar-refractivity contribution in [2.24, 2.45) is 0 Å². The molecule has 1 aliphatic carbocycles. The van der Waals surface area contributed by atoms with Gasteiger partial charge in [0.2, 0.25) is 0 Å². The zero-order chi connectivity index (χ0) is 9.54. The molecule has 0 aliphatic heterocycles. The van der Waals surface area contributed by atoms with Crippen LogP contribution in [0.5, 0.6) is 0 Å². The largest absolute Gasteiger partial charge is 0.400 e. The molecule has 0 aromatic carbocycles. The maximum Gasteiger partial charge on any atom is 0.0319 e. The van der Waals surface area contributed by atoms with Crippen LogP contribution in [0.15, 0.2) is 18.2 Å². The van der Waals surface area contributed by atoms with Gasteiger partial charge in [-0.2, -0.15) is 6.08 Å². The smallest absolute Gasteiger partial charge is 0.0319 e. The summed E-state index contributed by atoms with van der Waals surface area (Å²) in [5.41, 5.74) is 0. The number of aliphatic hydroxyl groups excluding tert-OH is 3. The van der Waals surface area contributed by atoms with Gasteiger partial charge in [0.05, 0.1) is 0 Å². The van der Waals surface area contributed by atoms with Gasteiger partial charge in [0.15, 0.2) is 0 Å². The summed E-state index contributed by atoms with van der Waals surface area (Å²) in [6.45, 7) is 0. The molecule has 1 aliphatic rings. The SMILES string of the molecule is CO.CO.CO.[C-]1=CC=CC1.[Ti]. The summed E-state index contributed by atoms with van der Waals surface area (Å²) in [4.78, 5) is 0. The van der Waals surface area contributed by atoms with Crippen LogP contribution in [-0.2, 0) is 21.7 Å². The fourth-order valence-electron chi connectivity index (χ4n) is 0.340. The molecule has 3 nitrogen and oxygen atoms in total. The standard InChI is InChI=1S/C5H5.3CH4O.Ti/c1-2-4-5-3-1;3*1-2;/h1-3H,4H2;3*2H,1H3;/q-1;;;;. The molecule has 12 heavy (non-hydrogen) atoms. The first-order valence-corrected chi connectivity index (χ1v) is 3.06. The molecule has 72 valence electrons. The van der Waals surface area contributed by atoms with Gasteiger partial charge in [-0.15, -0.1) is 6.42 Å². The Bertz CT molecular complexity index is 72.4. The minimum atomic E-state index is 0. The van der Waals surface area contributed by atoms with Gasteiger partial charge < -0.3 is 15.3 Å². The van der Waals surface area contributed by atoms with Crippen molar-refractivity contribution < 1.29 is 37.0 Å². The third-order valence-corrected chi connectivity index (χ3v) is 0.586.